The summed E-state index contributed by atoms with van der Waals surface area (Å²) < 4.78 is 11.5. The third kappa shape index (κ3) is 7.73. The normalized spacial score (nSPS) is 11.6. The van der Waals surface area contributed by atoms with E-state index in [1.54, 1.807) is 6.20 Å². The van der Waals surface area contributed by atoms with Gasteiger partial charge >= 0.3 is 0 Å². The average molecular weight is 433 g/mol. The lowest BCUT2D eigenvalue weighted by molar-refractivity contribution is 0.128. The quantitative estimate of drug-likeness (QED) is 0.246. The van der Waals surface area contributed by atoms with Gasteiger partial charge in [-0.15, -0.1) is 0 Å². The molecule has 0 radical (unpaired) electrons. The number of rotatable bonds is 11. The Morgan fingerprint density at radius 3 is 2.19 bits per heavy atom. The molecule has 168 valence electrons. The van der Waals surface area contributed by atoms with Gasteiger partial charge in [0.25, 0.3) is 0 Å². The van der Waals surface area contributed by atoms with E-state index in [9.17, 15) is 0 Å². The molecule has 0 N–H and O–H groups in total. The fourth-order valence-corrected chi connectivity index (χ4v) is 3.07. The maximum Gasteiger partial charge on any atom is 0.213 e. The highest BCUT2D eigenvalue weighted by Gasteiger charge is 2.08. The first-order valence-corrected chi connectivity index (χ1v) is 11.1. The molecule has 32 heavy (non-hydrogen) atoms. The molecule has 0 aliphatic carbocycles. The van der Waals surface area contributed by atoms with Crippen molar-refractivity contribution in [3.05, 3.63) is 84.1 Å². The fraction of sp³-hybridized carbons (Fsp3) is 0.333. The molecule has 0 amide bonds. The van der Waals surface area contributed by atoms with E-state index < -0.39 is 0 Å². The van der Waals surface area contributed by atoms with Crippen LogP contribution in [0, 0.1) is 5.92 Å². The minimum atomic E-state index is 0.0958. The standard InChI is InChI=1S/C27H32N2O3/c1-20(2)26(29-30-19-23-8-6-5-7-9-23)16-12-22-10-13-24(14-11-22)32-25-15-17-27(28-18-25)31-21(3)4/h5-11,13-15,17-18,20-21H,12,16,19H2,1-4H3. The highest BCUT2D eigenvalue weighted by molar-refractivity contribution is 5.85. The monoisotopic (exact) mass is 432 g/mol. The molecule has 0 bridgehead atoms. The molecule has 0 unspecified atom stereocenters. The van der Waals surface area contributed by atoms with E-state index >= 15 is 0 Å². The summed E-state index contributed by atoms with van der Waals surface area (Å²) in [5, 5.41) is 4.41. The minimum absolute atomic E-state index is 0.0958. The Kier molecular flexibility index (Phi) is 8.67. The van der Waals surface area contributed by atoms with Crippen LogP contribution in [0.5, 0.6) is 17.4 Å². The van der Waals surface area contributed by atoms with Gasteiger partial charge in [0.05, 0.1) is 18.0 Å². The number of oxime groups is 1. The zero-order valence-electron chi connectivity index (χ0n) is 19.3. The second-order valence-corrected chi connectivity index (χ2v) is 8.24. The smallest absolute Gasteiger partial charge is 0.213 e. The first-order chi connectivity index (χ1) is 15.5. The van der Waals surface area contributed by atoms with Crippen molar-refractivity contribution in [2.45, 2.75) is 53.2 Å². The topological polar surface area (TPSA) is 52.9 Å². The van der Waals surface area contributed by atoms with E-state index in [0.29, 0.717) is 24.2 Å². The predicted molar refractivity (Wildman–Crippen MR) is 128 cm³/mol. The molecular weight excluding hydrogens is 400 g/mol. The molecule has 3 aromatic rings. The van der Waals surface area contributed by atoms with Crippen molar-refractivity contribution in [2.24, 2.45) is 11.1 Å². The Morgan fingerprint density at radius 1 is 0.844 bits per heavy atom. The van der Waals surface area contributed by atoms with Crippen LogP contribution in [0.1, 0.15) is 45.2 Å². The van der Waals surface area contributed by atoms with Crippen LogP contribution in [-0.2, 0) is 17.9 Å². The molecule has 0 atom stereocenters. The highest BCUT2D eigenvalue weighted by atomic mass is 16.6. The average Bonchev–Trinajstić information content (AvgIpc) is 2.78. The molecule has 0 saturated heterocycles. The van der Waals surface area contributed by atoms with Gasteiger partial charge in [-0.1, -0.05) is 61.5 Å². The van der Waals surface area contributed by atoms with Crippen LogP contribution in [-0.4, -0.2) is 16.8 Å². The molecule has 0 aliphatic heterocycles. The van der Waals surface area contributed by atoms with Gasteiger partial charge < -0.3 is 14.3 Å². The van der Waals surface area contributed by atoms with Crippen molar-refractivity contribution < 1.29 is 14.3 Å². The summed E-state index contributed by atoms with van der Waals surface area (Å²) in [4.78, 5) is 9.87. The largest absolute Gasteiger partial charge is 0.475 e. The molecular formula is C27H32N2O3. The third-order valence-electron chi connectivity index (χ3n) is 4.82. The molecule has 5 heteroatoms. The summed E-state index contributed by atoms with van der Waals surface area (Å²) in [5.74, 6) is 2.39. The SMILES string of the molecule is CC(C)Oc1ccc(Oc2ccc(CCC(=NOCc3ccccc3)C(C)C)cc2)cn1. The summed E-state index contributed by atoms with van der Waals surface area (Å²) in [7, 11) is 0. The lowest BCUT2D eigenvalue weighted by Gasteiger charge is -2.11. The minimum Gasteiger partial charge on any atom is -0.475 e. The molecule has 2 aromatic carbocycles. The summed E-state index contributed by atoms with van der Waals surface area (Å²) in [6.45, 7) is 8.73. The van der Waals surface area contributed by atoms with E-state index in [4.69, 9.17) is 14.3 Å². The van der Waals surface area contributed by atoms with E-state index in [1.807, 2.05) is 68.4 Å². The van der Waals surface area contributed by atoms with E-state index in [0.717, 1.165) is 29.9 Å². The Morgan fingerprint density at radius 2 is 1.56 bits per heavy atom. The Bertz CT molecular complexity index is 966. The maximum absolute atomic E-state index is 5.89. The molecule has 1 heterocycles. The molecule has 0 aliphatic rings. The summed E-state index contributed by atoms with van der Waals surface area (Å²) in [5.41, 5.74) is 3.41. The van der Waals surface area contributed by atoms with Gasteiger partial charge in [0.2, 0.25) is 5.88 Å². The van der Waals surface area contributed by atoms with Gasteiger partial charge in [-0.3, -0.25) is 0 Å². The number of pyridine rings is 1. The van der Waals surface area contributed by atoms with Crippen molar-refractivity contribution in [3.8, 4) is 17.4 Å². The number of nitrogens with zero attached hydrogens (tertiary/aromatic N) is 2. The van der Waals surface area contributed by atoms with Gasteiger partial charge in [-0.25, -0.2) is 4.98 Å². The summed E-state index contributed by atoms with van der Waals surface area (Å²) in [6, 6.07) is 21.9. The highest BCUT2D eigenvalue weighted by Crippen LogP contribution is 2.23. The number of benzene rings is 2. The van der Waals surface area contributed by atoms with E-state index in [-0.39, 0.29) is 6.10 Å². The van der Waals surface area contributed by atoms with Crippen molar-refractivity contribution in [1.29, 1.82) is 0 Å². The number of ether oxygens (including phenoxy) is 2. The van der Waals surface area contributed by atoms with Gasteiger partial charge in [0.1, 0.15) is 18.1 Å². The number of hydrogen-bond acceptors (Lipinski definition) is 5. The predicted octanol–water partition coefficient (Wildman–Crippen LogP) is 6.82. The van der Waals surface area contributed by atoms with Crippen LogP contribution in [0.3, 0.4) is 0 Å². The van der Waals surface area contributed by atoms with Crippen LogP contribution in [0.2, 0.25) is 0 Å². The first kappa shape index (κ1) is 23.3. The van der Waals surface area contributed by atoms with Crippen molar-refractivity contribution in [3.63, 3.8) is 0 Å². The number of hydrogen-bond donors (Lipinski definition) is 0. The maximum atomic E-state index is 5.89. The van der Waals surface area contributed by atoms with Gasteiger partial charge in [0.15, 0.2) is 0 Å². The van der Waals surface area contributed by atoms with Crippen LogP contribution in [0.4, 0.5) is 0 Å². The summed E-state index contributed by atoms with van der Waals surface area (Å²) in [6.07, 6.45) is 3.52. The van der Waals surface area contributed by atoms with E-state index in [1.165, 1.54) is 5.56 Å². The van der Waals surface area contributed by atoms with Crippen molar-refractivity contribution in [1.82, 2.24) is 4.98 Å². The number of aromatic nitrogens is 1. The first-order valence-electron chi connectivity index (χ1n) is 11.1. The lowest BCUT2D eigenvalue weighted by Crippen LogP contribution is -2.10. The number of aryl methyl sites for hydroxylation is 1. The Balaban J connectivity index is 1.50. The van der Waals surface area contributed by atoms with Gasteiger partial charge in [-0.2, -0.15) is 0 Å². The van der Waals surface area contributed by atoms with Crippen molar-refractivity contribution in [2.75, 3.05) is 0 Å². The molecule has 0 fully saturated rings. The summed E-state index contributed by atoms with van der Waals surface area (Å²) >= 11 is 0. The van der Waals surface area contributed by atoms with Gasteiger partial charge in [-0.05, 0) is 61.9 Å². The molecule has 0 spiro atoms. The van der Waals surface area contributed by atoms with Crippen molar-refractivity contribution >= 4 is 5.71 Å². The van der Waals surface area contributed by atoms with E-state index in [2.05, 4.69) is 36.1 Å². The second-order valence-electron chi connectivity index (χ2n) is 8.24. The van der Waals surface area contributed by atoms with Crippen LogP contribution < -0.4 is 9.47 Å². The molecule has 5 nitrogen and oxygen atoms in total. The second kappa shape index (κ2) is 11.9. The molecule has 3 rings (SSSR count). The fourth-order valence-electron chi connectivity index (χ4n) is 3.07. The lowest BCUT2D eigenvalue weighted by atomic mass is 10.0. The molecule has 0 saturated carbocycles. The zero-order valence-corrected chi connectivity index (χ0v) is 19.3. The van der Waals surface area contributed by atoms with Crippen LogP contribution >= 0.6 is 0 Å². The van der Waals surface area contributed by atoms with Crippen LogP contribution in [0.25, 0.3) is 0 Å². The Labute approximate surface area is 191 Å². The molecule has 1 aromatic heterocycles. The zero-order chi connectivity index (χ0) is 22.8. The van der Waals surface area contributed by atoms with Crippen LogP contribution in [0.15, 0.2) is 78.1 Å². The Hall–Kier alpha value is -3.34. The third-order valence-corrected chi connectivity index (χ3v) is 4.82. The van der Waals surface area contributed by atoms with Gasteiger partial charge in [0, 0.05) is 6.07 Å².